The molecule has 0 aliphatic heterocycles. The third-order valence-corrected chi connectivity index (χ3v) is 9.13. The molecule has 9 heteroatoms. The van der Waals surface area contributed by atoms with Crippen molar-refractivity contribution in [1.29, 1.82) is 0 Å². The Bertz CT molecular complexity index is 1590. The molecule has 0 saturated heterocycles. The van der Waals surface area contributed by atoms with Gasteiger partial charge in [-0.3, -0.25) is 0 Å². The third-order valence-electron chi connectivity index (χ3n) is 9.13. The number of carbonyl (C=O) groups excluding carboxylic acids is 1. The summed E-state index contributed by atoms with van der Waals surface area (Å²) in [6.45, 7) is 3.68. The molecule has 5 rings (SSSR count). The van der Waals surface area contributed by atoms with Crippen molar-refractivity contribution in [1.82, 2.24) is 0 Å². The Labute approximate surface area is 259 Å². The number of unbranched alkanes of at least 4 members (excludes halogenated alkanes) is 1. The molecule has 1 fully saturated rings. The van der Waals surface area contributed by atoms with Crippen LogP contribution in [0.4, 0.5) is 26.3 Å². The van der Waals surface area contributed by atoms with Crippen LogP contribution in [0, 0.1) is 53.7 Å². The molecular formula is C36H36F6O3. The first-order chi connectivity index (χ1) is 21.6. The number of hydrogen-bond donors (Lipinski definition) is 0. The molecule has 2 aliphatic rings. The van der Waals surface area contributed by atoms with Gasteiger partial charge in [-0.15, -0.1) is 0 Å². The molecule has 0 radical (unpaired) electrons. The first-order valence-corrected chi connectivity index (χ1v) is 15.5. The standard InChI is InChI=1S/C36H36F6O3/c1-3-4-19-44-29-18-17-25(31(38)35(29)42)23-8-6-21(7-9-23)22-10-12-24(13-11-22)45-36(43)28-16-15-27(33(40)34(28)41)26-14-5-20(2)30(37)32(26)39/h5,8,14-18,21-22,24H,3-4,6-7,9-13,19H2,1-2H3. The largest absolute Gasteiger partial charge is 0.490 e. The number of allylic oxidation sites excluding steroid dienone is 2. The van der Waals surface area contributed by atoms with Crippen LogP contribution in [0.1, 0.15) is 86.2 Å². The van der Waals surface area contributed by atoms with E-state index in [1.54, 1.807) is 6.07 Å². The van der Waals surface area contributed by atoms with Crippen LogP contribution in [0.5, 0.6) is 5.75 Å². The second-order valence-electron chi connectivity index (χ2n) is 12.0. The molecule has 1 saturated carbocycles. The molecule has 0 bridgehead atoms. The van der Waals surface area contributed by atoms with Gasteiger partial charge in [0, 0.05) is 16.7 Å². The normalized spacial score (nSPS) is 20.1. The van der Waals surface area contributed by atoms with E-state index in [2.05, 4.69) is 0 Å². The third kappa shape index (κ3) is 6.92. The predicted octanol–water partition coefficient (Wildman–Crippen LogP) is 10.3. The van der Waals surface area contributed by atoms with Gasteiger partial charge in [-0.25, -0.2) is 26.7 Å². The summed E-state index contributed by atoms with van der Waals surface area (Å²) in [5.41, 5.74) is -0.482. The van der Waals surface area contributed by atoms with Crippen LogP contribution >= 0.6 is 0 Å². The average Bonchev–Trinajstić information content (AvgIpc) is 3.04. The highest BCUT2D eigenvalue weighted by Crippen LogP contribution is 2.42. The van der Waals surface area contributed by atoms with E-state index >= 15 is 0 Å². The number of ether oxygens (including phenoxy) is 2. The maximum Gasteiger partial charge on any atom is 0.341 e. The van der Waals surface area contributed by atoms with Crippen LogP contribution in [-0.2, 0) is 4.74 Å². The Morgan fingerprint density at radius 2 is 1.38 bits per heavy atom. The Balaban J connectivity index is 1.16. The van der Waals surface area contributed by atoms with E-state index < -0.39 is 63.7 Å². The van der Waals surface area contributed by atoms with Gasteiger partial charge in [0.25, 0.3) is 0 Å². The number of aryl methyl sites for hydroxylation is 1. The van der Waals surface area contributed by atoms with Crippen molar-refractivity contribution in [2.24, 2.45) is 11.8 Å². The second-order valence-corrected chi connectivity index (χ2v) is 12.0. The van der Waals surface area contributed by atoms with Crippen LogP contribution in [0.15, 0.2) is 42.5 Å². The van der Waals surface area contributed by atoms with Gasteiger partial charge in [-0.2, -0.15) is 4.39 Å². The monoisotopic (exact) mass is 630 g/mol. The van der Waals surface area contributed by atoms with Gasteiger partial charge in [0.1, 0.15) is 6.10 Å². The molecule has 3 aromatic carbocycles. The Kier molecular flexibility index (Phi) is 10.2. The van der Waals surface area contributed by atoms with Gasteiger partial charge >= 0.3 is 5.97 Å². The van der Waals surface area contributed by atoms with E-state index in [1.807, 2.05) is 13.0 Å². The molecule has 0 heterocycles. The van der Waals surface area contributed by atoms with Gasteiger partial charge in [0.2, 0.25) is 5.82 Å². The smallest absolute Gasteiger partial charge is 0.341 e. The summed E-state index contributed by atoms with van der Waals surface area (Å²) in [6.07, 6.45) is 7.97. The van der Waals surface area contributed by atoms with E-state index in [-0.39, 0.29) is 16.9 Å². The van der Waals surface area contributed by atoms with Crippen LogP contribution in [-0.4, -0.2) is 18.7 Å². The number of hydrogen-bond acceptors (Lipinski definition) is 3. The van der Waals surface area contributed by atoms with Crippen molar-refractivity contribution in [3.63, 3.8) is 0 Å². The zero-order valence-corrected chi connectivity index (χ0v) is 25.3. The lowest BCUT2D eigenvalue weighted by Gasteiger charge is -2.35. The minimum Gasteiger partial charge on any atom is -0.490 e. The molecule has 3 aromatic rings. The van der Waals surface area contributed by atoms with Gasteiger partial charge < -0.3 is 9.47 Å². The summed E-state index contributed by atoms with van der Waals surface area (Å²) < 4.78 is 98.5. The molecular weight excluding hydrogens is 594 g/mol. The number of benzene rings is 3. The highest BCUT2D eigenvalue weighted by atomic mass is 19.2. The van der Waals surface area contributed by atoms with Crippen LogP contribution in [0.2, 0.25) is 0 Å². The second kappa shape index (κ2) is 14.1. The zero-order chi connectivity index (χ0) is 32.2. The Morgan fingerprint density at radius 1 is 0.733 bits per heavy atom. The number of esters is 1. The van der Waals surface area contributed by atoms with Gasteiger partial charge in [-0.05, 0) is 99.5 Å². The topological polar surface area (TPSA) is 35.5 Å². The van der Waals surface area contributed by atoms with Crippen molar-refractivity contribution >= 4 is 11.5 Å². The Hall–Kier alpha value is -3.75. The molecule has 2 aliphatic carbocycles. The molecule has 0 amide bonds. The minimum absolute atomic E-state index is 0.0263. The van der Waals surface area contributed by atoms with Crippen LogP contribution in [0.25, 0.3) is 16.7 Å². The Morgan fingerprint density at radius 3 is 2.04 bits per heavy atom. The van der Waals surface area contributed by atoms with Crippen molar-refractivity contribution in [2.45, 2.75) is 77.7 Å². The van der Waals surface area contributed by atoms with E-state index in [4.69, 9.17) is 9.47 Å². The summed E-state index contributed by atoms with van der Waals surface area (Å²) in [4.78, 5) is 12.8. The summed E-state index contributed by atoms with van der Waals surface area (Å²) in [5, 5.41) is 0. The minimum atomic E-state index is -1.48. The number of rotatable bonds is 9. The zero-order valence-electron chi connectivity index (χ0n) is 25.3. The van der Waals surface area contributed by atoms with Crippen LogP contribution in [0.3, 0.4) is 0 Å². The van der Waals surface area contributed by atoms with Crippen molar-refractivity contribution < 1.29 is 40.6 Å². The first-order valence-electron chi connectivity index (χ1n) is 15.5. The molecule has 0 N–H and O–H groups in total. The number of carbonyl (C=O) groups is 1. The molecule has 3 nitrogen and oxygen atoms in total. The molecule has 1 unspecified atom stereocenters. The van der Waals surface area contributed by atoms with E-state index in [0.717, 1.165) is 62.3 Å². The van der Waals surface area contributed by atoms with Gasteiger partial charge in [0.05, 0.1) is 12.2 Å². The fraction of sp³-hybridized carbons (Fsp3) is 0.417. The molecule has 240 valence electrons. The van der Waals surface area contributed by atoms with E-state index in [0.29, 0.717) is 37.7 Å². The fourth-order valence-corrected chi connectivity index (χ4v) is 6.41. The maximum absolute atomic E-state index is 14.9. The molecule has 1 atom stereocenters. The molecule has 0 aromatic heterocycles. The fourth-order valence-electron chi connectivity index (χ4n) is 6.41. The van der Waals surface area contributed by atoms with Gasteiger partial charge in [0.15, 0.2) is 34.8 Å². The summed E-state index contributed by atoms with van der Waals surface area (Å²) in [6, 6.07) is 7.54. The van der Waals surface area contributed by atoms with Crippen LogP contribution < -0.4 is 4.74 Å². The predicted molar refractivity (Wildman–Crippen MR) is 160 cm³/mol. The van der Waals surface area contributed by atoms with E-state index in [1.165, 1.54) is 19.1 Å². The van der Waals surface area contributed by atoms with Crippen molar-refractivity contribution in [3.05, 3.63) is 94.1 Å². The molecule has 45 heavy (non-hydrogen) atoms. The first kappa shape index (κ1) is 32.6. The van der Waals surface area contributed by atoms with Gasteiger partial charge in [-0.1, -0.05) is 37.6 Å². The average molecular weight is 631 g/mol. The molecule has 0 spiro atoms. The lowest BCUT2D eigenvalue weighted by molar-refractivity contribution is 0.0123. The summed E-state index contributed by atoms with van der Waals surface area (Å²) >= 11 is 0. The van der Waals surface area contributed by atoms with Crippen molar-refractivity contribution in [2.75, 3.05) is 6.61 Å². The quantitative estimate of drug-likeness (QED) is 0.134. The highest BCUT2D eigenvalue weighted by Gasteiger charge is 2.32. The maximum atomic E-state index is 14.9. The lowest BCUT2D eigenvalue weighted by Crippen LogP contribution is -2.28. The highest BCUT2D eigenvalue weighted by molar-refractivity contribution is 5.90. The summed E-state index contributed by atoms with van der Waals surface area (Å²) in [5.74, 6) is -7.63. The number of halogens is 6. The lowest BCUT2D eigenvalue weighted by atomic mass is 9.72. The SMILES string of the molecule is CCCCOc1ccc(C2=CCC(C3CCC(OC(=O)c4ccc(-c5ccc(C)c(F)c5F)c(F)c4F)CC3)CC2)c(F)c1F. The summed E-state index contributed by atoms with van der Waals surface area (Å²) in [7, 11) is 0. The van der Waals surface area contributed by atoms with Crippen molar-refractivity contribution in [3.8, 4) is 16.9 Å². The van der Waals surface area contributed by atoms with E-state index in [9.17, 15) is 31.1 Å².